The number of hydrogen-bond donors (Lipinski definition) is 2. The molecule has 0 saturated carbocycles. The monoisotopic (exact) mass is 369 g/mol. The van der Waals surface area contributed by atoms with Crippen molar-refractivity contribution in [2.45, 2.75) is 13.0 Å². The smallest absolute Gasteiger partial charge is 0.255 e. The molecule has 3 aromatic rings. The van der Waals surface area contributed by atoms with Crippen molar-refractivity contribution in [1.29, 1.82) is 0 Å². The molecule has 26 heavy (non-hydrogen) atoms. The summed E-state index contributed by atoms with van der Waals surface area (Å²) >= 11 is 0. The van der Waals surface area contributed by atoms with Crippen LogP contribution in [0.25, 0.3) is 10.8 Å². The van der Waals surface area contributed by atoms with Crippen LogP contribution in [-0.4, -0.2) is 26.2 Å². The zero-order valence-corrected chi connectivity index (χ0v) is 15.1. The highest BCUT2D eigenvalue weighted by molar-refractivity contribution is 7.92. The molecule has 0 fully saturated rings. The Kier molecular flexibility index (Phi) is 3.96. The average Bonchev–Trinajstić information content (AvgIpc) is 3.05. The van der Waals surface area contributed by atoms with Crippen LogP contribution in [0.15, 0.2) is 53.5 Å². The van der Waals surface area contributed by atoms with E-state index in [2.05, 4.69) is 10.3 Å². The van der Waals surface area contributed by atoms with Gasteiger partial charge in [-0.15, -0.1) is 0 Å². The van der Waals surface area contributed by atoms with Crippen LogP contribution in [-0.2, 0) is 23.0 Å². The van der Waals surface area contributed by atoms with Crippen LogP contribution >= 0.6 is 0 Å². The van der Waals surface area contributed by atoms with Crippen LogP contribution in [0, 0.1) is 0 Å². The zero-order chi connectivity index (χ0) is 18.3. The summed E-state index contributed by atoms with van der Waals surface area (Å²) in [6.45, 7) is 0.994. The average molecular weight is 369 g/mol. The molecule has 1 aliphatic rings. The number of H-pyrrole nitrogens is 1. The third-order valence-corrected chi connectivity index (χ3v) is 5.86. The summed E-state index contributed by atoms with van der Waals surface area (Å²) in [6.07, 6.45) is 3.60. The number of sulfonamides is 1. The largest absolute Gasteiger partial charge is 0.381 e. The molecular formula is C19H19N3O3S. The lowest BCUT2D eigenvalue weighted by molar-refractivity contribution is 0.598. The minimum atomic E-state index is -3.29. The first-order chi connectivity index (χ1) is 12.4. The number of nitrogens with zero attached hydrogens (tertiary/aromatic N) is 1. The van der Waals surface area contributed by atoms with Crippen molar-refractivity contribution in [3.8, 4) is 0 Å². The van der Waals surface area contributed by atoms with Gasteiger partial charge in [0.1, 0.15) is 0 Å². The van der Waals surface area contributed by atoms with Gasteiger partial charge in [0, 0.05) is 30.4 Å². The molecule has 1 aromatic heterocycles. The fourth-order valence-electron chi connectivity index (χ4n) is 3.47. The molecule has 0 bridgehead atoms. The van der Waals surface area contributed by atoms with Gasteiger partial charge in [-0.3, -0.25) is 9.10 Å². The van der Waals surface area contributed by atoms with Crippen LogP contribution in [0.4, 0.5) is 11.4 Å². The number of nitrogens with one attached hydrogen (secondary N) is 2. The summed E-state index contributed by atoms with van der Waals surface area (Å²) in [4.78, 5) is 14.4. The van der Waals surface area contributed by atoms with Crippen molar-refractivity contribution in [2.75, 3.05) is 22.4 Å². The lowest BCUT2D eigenvalue weighted by Gasteiger charge is -2.20. The quantitative estimate of drug-likeness (QED) is 0.740. The molecule has 1 aliphatic heterocycles. The molecule has 134 valence electrons. The molecule has 2 heterocycles. The minimum Gasteiger partial charge on any atom is -0.381 e. The second-order valence-electron chi connectivity index (χ2n) is 6.47. The molecule has 0 aliphatic carbocycles. The van der Waals surface area contributed by atoms with Crippen molar-refractivity contribution in [3.63, 3.8) is 0 Å². The summed E-state index contributed by atoms with van der Waals surface area (Å²) < 4.78 is 25.6. The third kappa shape index (κ3) is 2.94. The van der Waals surface area contributed by atoms with Crippen LogP contribution in [0.1, 0.15) is 11.1 Å². The van der Waals surface area contributed by atoms with Crippen LogP contribution in [0.3, 0.4) is 0 Å². The number of aromatic amines is 1. The Bertz CT molecular complexity index is 1150. The first kappa shape index (κ1) is 16.7. The van der Waals surface area contributed by atoms with E-state index in [0.29, 0.717) is 18.5 Å². The van der Waals surface area contributed by atoms with Gasteiger partial charge in [0.15, 0.2) is 0 Å². The SMILES string of the molecule is CS(=O)(=O)N1CCc2cccc(CNc3ccc4c(=O)[nH]ccc4c3)c21. The van der Waals surface area contributed by atoms with Crippen molar-refractivity contribution >= 4 is 32.2 Å². The van der Waals surface area contributed by atoms with Gasteiger partial charge in [0.05, 0.1) is 11.9 Å². The molecule has 2 N–H and O–H groups in total. The molecule has 0 amide bonds. The summed E-state index contributed by atoms with van der Waals surface area (Å²) in [5.41, 5.74) is 3.55. The number of rotatable bonds is 4. The van der Waals surface area contributed by atoms with Gasteiger partial charge in [-0.05, 0) is 47.2 Å². The van der Waals surface area contributed by atoms with Gasteiger partial charge in [0.2, 0.25) is 10.0 Å². The minimum absolute atomic E-state index is 0.112. The molecule has 0 unspecified atom stereocenters. The number of pyridine rings is 1. The predicted octanol–water partition coefficient (Wildman–Crippen LogP) is 2.46. The highest BCUT2D eigenvalue weighted by Crippen LogP contribution is 2.34. The number of fused-ring (bicyclic) bond motifs is 2. The standard InChI is InChI=1S/C19H19N3O3S/c1-26(24,25)22-10-8-13-3-2-4-15(18(13)22)12-21-16-5-6-17-14(11-16)7-9-20-19(17)23/h2-7,9,11,21H,8,10,12H2,1H3,(H,20,23). The fourth-order valence-corrected chi connectivity index (χ4v) is 4.46. The lowest BCUT2D eigenvalue weighted by Crippen LogP contribution is -2.28. The maximum Gasteiger partial charge on any atom is 0.255 e. The molecule has 4 rings (SSSR count). The number of hydrogen-bond acceptors (Lipinski definition) is 4. The van der Waals surface area contributed by atoms with Crippen molar-refractivity contribution < 1.29 is 8.42 Å². The maximum atomic E-state index is 12.1. The van der Waals surface area contributed by atoms with E-state index in [1.807, 2.05) is 36.4 Å². The molecule has 0 atom stereocenters. The first-order valence-corrected chi connectivity index (χ1v) is 10.2. The topological polar surface area (TPSA) is 82.3 Å². The van der Waals surface area contributed by atoms with E-state index in [9.17, 15) is 13.2 Å². The van der Waals surface area contributed by atoms with Gasteiger partial charge >= 0.3 is 0 Å². The van der Waals surface area contributed by atoms with Crippen molar-refractivity contribution in [3.05, 3.63) is 70.1 Å². The molecule has 0 spiro atoms. The van der Waals surface area contributed by atoms with Gasteiger partial charge in [-0.2, -0.15) is 0 Å². The normalized spacial score (nSPS) is 13.8. The van der Waals surface area contributed by atoms with Crippen LogP contribution in [0.5, 0.6) is 0 Å². The van der Waals surface area contributed by atoms with Gasteiger partial charge < -0.3 is 10.3 Å². The Balaban J connectivity index is 1.64. The van der Waals surface area contributed by atoms with E-state index in [4.69, 9.17) is 0 Å². The number of para-hydroxylation sites is 1. The Morgan fingerprint density at radius 2 is 2.04 bits per heavy atom. The number of anilines is 2. The van der Waals surface area contributed by atoms with Crippen LogP contribution < -0.4 is 15.2 Å². The summed E-state index contributed by atoms with van der Waals surface area (Å²) in [7, 11) is -3.29. The van der Waals surface area contributed by atoms with E-state index in [1.165, 1.54) is 10.6 Å². The molecule has 7 heteroatoms. The van der Waals surface area contributed by atoms with E-state index in [1.54, 1.807) is 12.3 Å². The third-order valence-electron chi connectivity index (χ3n) is 4.69. The summed E-state index contributed by atoms with van der Waals surface area (Å²) in [5, 5.41) is 4.84. The van der Waals surface area contributed by atoms with Gasteiger partial charge in [-0.25, -0.2) is 8.42 Å². The second-order valence-corrected chi connectivity index (χ2v) is 8.38. The maximum absolute atomic E-state index is 12.1. The Morgan fingerprint density at radius 1 is 1.19 bits per heavy atom. The van der Waals surface area contributed by atoms with Crippen LogP contribution in [0.2, 0.25) is 0 Å². The molecule has 0 radical (unpaired) electrons. The van der Waals surface area contributed by atoms with E-state index in [0.717, 1.165) is 34.3 Å². The van der Waals surface area contributed by atoms with Gasteiger partial charge in [0.25, 0.3) is 5.56 Å². The van der Waals surface area contributed by atoms with Crippen molar-refractivity contribution in [1.82, 2.24) is 4.98 Å². The lowest BCUT2D eigenvalue weighted by atomic mass is 10.1. The second kappa shape index (κ2) is 6.17. The first-order valence-electron chi connectivity index (χ1n) is 8.37. The Labute approximate surface area is 151 Å². The number of benzene rings is 2. The summed E-state index contributed by atoms with van der Waals surface area (Å²) in [5.74, 6) is 0. The highest BCUT2D eigenvalue weighted by Gasteiger charge is 2.28. The predicted molar refractivity (Wildman–Crippen MR) is 104 cm³/mol. The van der Waals surface area contributed by atoms with E-state index >= 15 is 0 Å². The summed E-state index contributed by atoms with van der Waals surface area (Å²) in [6, 6.07) is 13.3. The molecular weight excluding hydrogens is 350 g/mol. The number of aromatic nitrogens is 1. The Hall–Kier alpha value is -2.80. The molecule has 6 nitrogen and oxygen atoms in total. The fraction of sp³-hybridized carbons (Fsp3) is 0.211. The van der Waals surface area contributed by atoms with Crippen molar-refractivity contribution in [2.24, 2.45) is 0 Å². The van der Waals surface area contributed by atoms with Gasteiger partial charge in [-0.1, -0.05) is 18.2 Å². The Morgan fingerprint density at radius 3 is 2.85 bits per heavy atom. The molecule has 2 aromatic carbocycles. The van der Waals surface area contributed by atoms with E-state index < -0.39 is 10.0 Å². The van der Waals surface area contributed by atoms with E-state index in [-0.39, 0.29) is 5.56 Å². The highest BCUT2D eigenvalue weighted by atomic mass is 32.2. The molecule has 0 saturated heterocycles. The zero-order valence-electron chi connectivity index (χ0n) is 14.3.